The molecule has 1 amide bonds. The molecule has 3 rings (SSSR count). The van der Waals surface area contributed by atoms with Crippen molar-refractivity contribution in [2.24, 2.45) is 0 Å². The van der Waals surface area contributed by atoms with E-state index < -0.39 is 0 Å². The van der Waals surface area contributed by atoms with Gasteiger partial charge in [-0.2, -0.15) is 0 Å². The molecule has 1 aromatic carbocycles. The molecule has 122 valence electrons. The van der Waals surface area contributed by atoms with Gasteiger partial charge in [-0.15, -0.1) is 0 Å². The van der Waals surface area contributed by atoms with Crippen LogP contribution in [0.3, 0.4) is 0 Å². The Morgan fingerprint density at radius 1 is 1.52 bits per heavy atom. The van der Waals surface area contributed by atoms with E-state index in [4.69, 9.17) is 10.5 Å². The highest BCUT2D eigenvalue weighted by Gasteiger charge is 2.32. The van der Waals surface area contributed by atoms with E-state index in [2.05, 4.69) is 11.1 Å². The molecule has 0 spiro atoms. The van der Waals surface area contributed by atoms with Crippen molar-refractivity contribution in [3.8, 4) is 5.75 Å². The number of nitrogen functional groups attached to an aromatic ring is 1. The van der Waals surface area contributed by atoms with Gasteiger partial charge in [0.05, 0.1) is 18.8 Å². The zero-order valence-corrected chi connectivity index (χ0v) is 14.2. The average Bonchev–Trinajstić information content (AvgIpc) is 3.20. The number of carbonyl (C=O) groups excluding carboxylic acids is 1. The van der Waals surface area contributed by atoms with Crippen LogP contribution in [0.2, 0.25) is 0 Å². The van der Waals surface area contributed by atoms with Crippen LogP contribution in [-0.4, -0.2) is 29.4 Å². The molecular weight excluding hydrogens is 310 g/mol. The number of anilines is 1. The Kier molecular flexibility index (Phi) is 4.52. The van der Waals surface area contributed by atoms with Crippen LogP contribution in [0.5, 0.6) is 5.75 Å². The largest absolute Gasteiger partial charge is 0.497 e. The molecule has 2 N–H and O–H groups in total. The topological polar surface area (TPSA) is 68.5 Å². The fraction of sp³-hybridized carbons (Fsp3) is 0.412. The Bertz CT molecular complexity index is 714. The number of rotatable bonds is 4. The molecule has 5 nitrogen and oxygen atoms in total. The highest BCUT2D eigenvalue weighted by atomic mass is 32.1. The number of ether oxygens (including phenoxy) is 1. The third-order valence-electron chi connectivity index (χ3n) is 4.24. The predicted molar refractivity (Wildman–Crippen MR) is 91.9 cm³/mol. The molecule has 1 atom stereocenters. The van der Waals surface area contributed by atoms with E-state index in [0.29, 0.717) is 16.4 Å². The van der Waals surface area contributed by atoms with Gasteiger partial charge in [-0.1, -0.05) is 30.4 Å². The molecule has 0 unspecified atom stereocenters. The number of hydrogen-bond acceptors (Lipinski definition) is 5. The van der Waals surface area contributed by atoms with Gasteiger partial charge in [0, 0.05) is 6.54 Å². The second-order valence-corrected chi connectivity index (χ2v) is 6.65. The molecule has 23 heavy (non-hydrogen) atoms. The lowest BCUT2D eigenvalue weighted by Gasteiger charge is -2.25. The quantitative estimate of drug-likeness (QED) is 0.933. The first-order valence-corrected chi connectivity index (χ1v) is 8.65. The number of carbonyl (C=O) groups is 1. The monoisotopic (exact) mass is 331 g/mol. The summed E-state index contributed by atoms with van der Waals surface area (Å²) in [5.74, 6) is 0.861. The molecule has 2 aromatic rings. The number of aryl methyl sites for hydroxylation is 1. The lowest BCUT2D eigenvalue weighted by atomic mass is 10.0. The van der Waals surface area contributed by atoms with Crippen molar-refractivity contribution in [1.82, 2.24) is 9.88 Å². The maximum Gasteiger partial charge on any atom is 0.266 e. The molecule has 1 aliphatic rings. The number of benzene rings is 1. The van der Waals surface area contributed by atoms with Gasteiger partial charge in [0.2, 0.25) is 0 Å². The SMILES string of the molecule is CCc1nc(N)sc1C(=O)N1CCC[C@@H]1c1cccc(OC)c1. The summed E-state index contributed by atoms with van der Waals surface area (Å²) in [5.41, 5.74) is 7.71. The summed E-state index contributed by atoms with van der Waals surface area (Å²) >= 11 is 1.29. The minimum Gasteiger partial charge on any atom is -0.497 e. The highest BCUT2D eigenvalue weighted by Crippen LogP contribution is 2.36. The Morgan fingerprint density at radius 3 is 3.09 bits per heavy atom. The first kappa shape index (κ1) is 15.8. The second-order valence-electron chi connectivity index (χ2n) is 5.61. The van der Waals surface area contributed by atoms with E-state index in [9.17, 15) is 4.79 Å². The van der Waals surface area contributed by atoms with Crippen molar-refractivity contribution in [3.05, 3.63) is 40.4 Å². The normalized spacial score (nSPS) is 17.5. The number of likely N-dealkylation sites (tertiary alicyclic amines) is 1. The summed E-state index contributed by atoms with van der Waals surface area (Å²) < 4.78 is 5.31. The number of thiazole rings is 1. The van der Waals surface area contributed by atoms with Crippen molar-refractivity contribution in [2.75, 3.05) is 19.4 Å². The van der Waals surface area contributed by atoms with Gasteiger partial charge in [0.1, 0.15) is 10.6 Å². The van der Waals surface area contributed by atoms with Crippen LogP contribution in [0.1, 0.15) is 46.7 Å². The van der Waals surface area contributed by atoms with Crippen LogP contribution in [0.4, 0.5) is 5.13 Å². The van der Waals surface area contributed by atoms with Crippen LogP contribution >= 0.6 is 11.3 Å². The van der Waals surface area contributed by atoms with Crippen LogP contribution in [0.25, 0.3) is 0 Å². The maximum absolute atomic E-state index is 13.0. The van der Waals surface area contributed by atoms with Gasteiger partial charge in [-0.05, 0) is 37.0 Å². The molecule has 0 saturated carbocycles. The van der Waals surface area contributed by atoms with Crippen LogP contribution in [0.15, 0.2) is 24.3 Å². The van der Waals surface area contributed by atoms with Crippen LogP contribution in [-0.2, 0) is 6.42 Å². The zero-order valence-electron chi connectivity index (χ0n) is 13.4. The van der Waals surface area contributed by atoms with E-state index in [0.717, 1.165) is 36.4 Å². The van der Waals surface area contributed by atoms with Crippen molar-refractivity contribution < 1.29 is 9.53 Å². The van der Waals surface area contributed by atoms with Gasteiger partial charge < -0.3 is 15.4 Å². The van der Waals surface area contributed by atoms with Gasteiger partial charge in [-0.25, -0.2) is 4.98 Å². The standard InChI is InChI=1S/C17H21N3O2S/c1-3-13-15(23-17(18)19-13)16(21)20-9-5-8-14(20)11-6-4-7-12(10-11)22-2/h4,6-7,10,14H,3,5,8-9H2,1-2H3,(H2,18,19)/t14-/m1/s1. The molecule has 1 aliphatic heterocycles. The van der Waals surface area contributed by atoms with Crippen molar-refractivity contribution in [3.63, 3.8) is 0 Å². The molecule has 2 heterocycles. The van der Waals surface area contributed by atoms with E-state index >= 15 is 0 Å². The number of amides is 1. The number of aromatic nitrogens is 1. The fourth-order valence-electron chi connectivity index (χ4n) is 3.11. The van der Waals surface area contributed by atoms with Crippen LogP contribution in [0, 0.1) is 0 Å². The van der Waals surface area contributed by atoms with E-state index in [1.807, 2.05) is 30.0 Å². The zero-order chi connectivity index (χ0) is 16.4. The van der Waals surface area contributed by atoms with Gasteiger partial charge in [0.15, 0.2) is 5.13 Å². The second kappa shape index (κ2) is 6.58. The van der Waals surface area contributed by atoms with Gasteiger partial charge in [0.25, 0.3) is 5.91 Å². The molecule has 0 aliphatic carbocycles. The first-order valence-electron chi connectivity index (χ1n) is 7.84. The summed E-state index contributed by atoms with van der Waals surface area (Å²) in [6.45, 7) is 2.76. The number of methoxy groups -OCH3 is 1. The third-order valence-corrected chi connectivity index (χ3v) is 5.15. The summed E-state index contributed by atoms with van der Waals surface area (Å²) in [4.78, 5) is 19.9. The van der Waals surface area contributed by atoms with E-state index in [1.165, 1.54) is 11.3 Å². The van der Waals surface area contributed by atoms with Crippen molar-refractivity contribution in [1.29, 1.82) is 0 Å². The molecule has 0 radical (unpaired) electrons. The highest BCUT2D eigenvalue weighted by molar-refractivity contribution is 7.17. The van der Waals surface area contributed by atoms with Gasteiger partial charge in [-0.3, -0.25) is 4.79 Å². The molecule has 6 heteroatoms. The Morgan fingerprint density at radius 2 is 2.35 bits per heavy atom. The predicted octanol–water partition coefficient (Wildman–Crippen LogP) is 3.27. The molecule has 1 saturated heterocycles. The lowest BCUT2D eigenvalue weighted by Crippen LogP contribution is -2.30. The van der Waals surface area contributed by atoms with E-state index in [1.54, 1.807) is 7.11 Å². The fourth-order valence-corrected chi connectivity index (χ4v) is 3.99. The lowest BCUT2D eigenvalue weighted by molar-refractivity contribution is 0.0739. The average molecular weight is 331 g/mol. The Balaban J connectivity index is 1.90. The summed E-state index contributed by atoms with van der Waals surface area (Å²) in [6, 6.07) is 8.05. The van der Waals surface area contributed by atoms with E-state index in [-0.39, 0.29) is 11.9 Å². The maximum atomic E-state index is 13.0. The van der Waals surface area contributed by atoms with Crippen molar-refractivity contribution in [2.45, 2.75) is 32.2 Å². The minimum absolute atomic E-state index is 0.0429. The summed E-state index contributed by atoms with van der Waals surface area (Å²) in [5, 5.41) is 0.460. The third kappa shape index (κ3) is 3.03. The minimum atomic E-state index is 0.0429. The summed E-state index contributed by atoms with van der Waals surface area (Å²) in [6.07, 6.45) is 2.68. The number of nitrogens with zero attached hydrogens (tertiary/aromatic N) is 2. The number of nitrogens with two attached hydrogens (primary N) is 1. The molecule has 0 bridgehead atoms. The number of hydrogen-bond donors (Lipinski definition) is 1. The van der Waals surface area contributed by atoms with Crippen LogP contribution < -0.4 is 10.5 Å². The Labute approximate surface area is 140 Å². The smallest absolute Gasteiger partial charge is 0.266 e. The molecule has 1 fully saturated rings. The molecule has 1 aromatic heterocycles. The van der Waals surface area contributed by atoms with Crippen molar-refractivity contribution >= 4 is 22.4 Å². The molecular formula is C17H21N3O2S. The summed E-state index contributed by atoms with van der Waals surface area (Å²) in [7, 11) is 1.66. The first-order chi connectivity index (χ1) is 11.1. The Hall–Kier alpha value is -2.08. The van der Waals surface area contributed by atoms with Gasteiger partial charge >= 0.3 is 0 Å².